The molecule has 0 saturated carbocycles. The second kappa shape index (κ2) is 9.28. The van der Waals surface area contributed by atoms with Crippen molar-refractivity contribution in [3.63, 3.8) is 0 Å². The lowest BCUT2D eigenvalue weighted by atomic mass is 10.1. The first-order chi connectivity index (χ1) is 13.5. The third kappa shape index (κ3) is 5.50. The quantitative estimate of drug-likeness (QED) is 0.571. The van der Waals surface area contributed by atoms with E-state index in [0.29, 0.717) is 16.4 Å². The molecule has 1 amide bonds. The molecule has 0 unspecified atom stereocenters. The number of aryl methyl sites for hydroxylation is 1. The molecule has 3 rings (SSSR count). The summed E-state index contributed by atoms with van der Waals surface area (Å²) in [5, 5.41) is 3.31. The van der Waals surface area contributed by atoms with E-state index in [1.807, 2.05) is 0 Å². The number of benzene rings is 2. The molecule has 0 atom stereocenters. The molecule has 1 N–H and O–H groups in total. The van der Waals surface area contributed by atoms with Gasteiger partial charge in [0, 0.05) is 23.1 Å². The molecule has 2 aromatic carbocycles. The van der Waals surface area contributed by atoms with E-state index in [9.17, 15) is 9.59 Å². The standard InChI is InChI=1S/C22H22N2O3S/c1-3-16-4-6-17(7-5-16)12-20-13-23-22(28-20)24-21(26)14-27-19-10-8-18(9-11-19)15(2)25/h4-11,13H,3,12,14H2,1-2H3,(H,23,24,26). The minimum absolute atomic E-state index is 0.00910. The van der Waals surface area contributed by atoms with E-state index in [-0.39, 0.29) is 18.3 Å². The first-order valence-corrected chi connectivity index (χ1v) is 9.91. The number of nitrogens with zero attached hydrogens (tertiary/aromatic N) is 1. The molecule has 0 aliphatic heterocycles. The van der Waals surface area contributed by atoms with Crippen LogP contribution in [0, 0.1) is 0 Å². The van der Waals surface area contributed by atoms with Crippen molar-refractivity contribution >= 4 is 28.2 Å². The second-order valence-corrected chi connectivity index (χ2v) is 7.51. The first kappa shape index (κ1) is 19.8. The molecule has 0 aliphatic carbocycles. The van der Waals surface area contributed by atoms with Crippen LogP contribution in [0.3, 0.4) is 0 Å². The summed E-state index contributed by atoms with van der Waals surface area (Å²) in [4.78, 5) is 28.7. The van der Waals surface area contributed by atoms with E-state index in [1.165, 1.54) is 29.4 Å². The molecule has 0 bridgehead atoms. The van der Waals surface area contributed by atoms with Crippen molar-refractivity contribution < 1.29 is 14.3 Å². The van der Waals surface area contributed by atoms with Gasteiger partial charge in [-0.15, -0.1) is 11.3 Å². The molecule has 0 spiro atoms. The minimum atomic E-state index is -0.274. The molecule has 1 aromatic heterocycles. The number of thiazole rings is 1. The summed E-state index contributed by atoms with van der Waals surface area (Å²) in [6.45, 7) is 3.52. The third-order valence-electron chi connectivity index (χ3n) is 4.24. The van der Waals surface area contributed by atoms with Gasteiger partial charge in [-0.3, -0.25) is 14.9 Å². The Balaban J connectivity index is 1.49. The highest BCUT2D eigenvalue weighted by atomic mass is 32.1. The number of ketones is 1. The Bertz CT molecular complexity index is 947. The predicted molar refractivity (Wildman–Crippen MR) is 111 cm³/mol. The van der Waals surface area contributed by atoms with Gasteiger partial charge in [0.25, 0.3) is 5.91 Å². The van der Waals surface area contributed by atoms with E-state index in [4.69, 9.17) is 4.74 Å². The lowest BCUT2D eigenvalue weighted by molar-refractivity contribution is -0.118. The summed E-state index contributed by atoms with van der Waals surface area (Å²) in [5.74, 6) is 0.254. The van der Waals surface area contributed by atoms with Crippen molar-refractivity contribution in [2.45, 2.75) is 26.7 Å². The molecule has 6 heteroatoms. The predicted octanol–water partition coefficient (Wildman–Crippen LogP) is 4.52. The maximum Gasteiger partial charge on any atom is 0.264 e. The first-order valence-electron chi connectivity index (χ1n) is 9.09. The number of carbonyl (C=O) groups is 2. The summed E-state index contributed by atoms with van der Waals surface area (Å²) < 4.78 is 5.45. The van der Waals surface area contributed by atoms with Crippen LogP contribution in [0.25, 0.3) is 0 Å². The van der Waals surface area contributed by atoms with Crippen molar-refractivity contribution in [1.29, 1.82) is 0 Å². The molecule has 1 heterocycles. The number of hydrogen-bond acceptors (Lipinski definition) is 5. The fourth-order valence-corrected chi connectivity index (χ4v) is 3.49. The van der Waals surface area contributed by atoms with Crippen molar-refractivity contribution in [2.24, 2.45) is 0 Å². The Morgan fingerprint density at radius 2 is 1.71 bits per heavy atom. The molecule has 5 nitrogen and oxygen atoms in total. The summed E-state index contributed by atoms with van der Waals surface area (Å²) in [6.07, 6.45) is 3.60. The van der Waals surface area contributed by atoms with Crippen molar-refractivity contribution in [3.05, 3.63) is 76.3 Å². The van der Waals surface area contributed by atoms with Gasteiger partial charge in [0.2, 0.25) is 0 Å². The Morgan fingerprint density at radius 3 is 2.36 bits per heavy atom. The highest BCUT2D eigenvalue weighted by molar-refractivity contribution is 7.15. The van der Waals surface area contributed by atoms with E-state index in [1.54, 1.807) is 30.5 Å². The Kier molecular flexibility index (Phi) is 6.55. The molecule has 28 heavy (non-hydrogen) atoms. The van der Waals surface area contributed by atoms with E-state index >= 15 is 0 Å². The summed E-state index contributed by atoms with van der Waals surface area (Å²) in [6, 6.07) is 15.2. The maximum atomic E-state index is 12.1. The fourth-order valence-electron chi connectivity index (χ4n) is 2.63. The normalized spacial score (nSPS) is 10.5. The van der Waals surface area contributed by atoms with Gasteiger partial charge < -0.3 is 4.74 Å². The van der Waals surface area contributed by atoms with Gasteiger partial charge in [0.05, 0.1) is 0 Å². The number of rotatable bonds is 8. The van der Waals surface area contributed by atoms with Crippen molar-refractivity contribution in [3.8, 4) is 5.75 Å². The van der Waals surface area contributed by atoms with E-state index in [2.05, 4.69) is 41.5 Å². The highest BCUT2D eigenvalue weighted by Gasteiger charge is 2.09. The number of aromatic nitrogens is 1. The summed E-state index contributed by atoms with van der Waals surface area (Å²) in [7, 11) is 0. The topological polar surface area (TPSA) is 68.3 Å². The lowest BCUT2D eigenvalue weighted by Crippen LogP contribution is -2.20. The number of Topliss-reactive ketones (excluding diaryl/α,β-unsaturated/α-hetero) is 1. The zero-order chi connectivity index (χ0) is 19.9. The Hall–Kier alpha value is -2.99. The van der Waals surface area contributed by atoms with Gasteiger partial charge >= 0.3 is 0 Å². The minimum Gasteiger partial charge on any atom is -0.484 e. The maximum absolute atomic E-state index is 12.1. The molecule has 0 radical (unpaired) electrons. The van der Waals surface area contributed by atoms with Gasteiger partial charge in [-0.1, -0.05) is 31.2 Å². The number of nitrogens with one attached hydrogen (secondary N) is 1. The number of anilines is 1. The van der Waals surface area contributed by atoms with Gasteiger partial charge in [0.15, 0.2) is 17.5 Å². The highest BCUT2D eigenvalue weighted by Crippen LogP contribution is 2.21. The molecule has 0 fully saturated rings. The SMILES string of the molecule is CCc1ccc(Cc2cnc(NC(=O)COc3ccc(C(C)=O)cc3)s2)cc1. The number of hydrogen-bond donors (Lipinski definition) is 1. The van der Waals surface area contributed by atoms with Crippen LogP contribution >= 0.6 is 11.3 Å². The van der Waals surface area contributed by atoms with Crippen molar-refractivity contribution in [2.75, 3.05) is 11.9 Å². The average molecular weight is 394 g/mol. The van der Waals surface area contributed by atoms with Crippen LogP contribution in [0.2, 0.25) is 0 Å². The van der Waals surface area contributed by atoms with Gasteiger partial charge in [-0.2, -0.15) is 0 Å². The van der Waals surface area contributed by atoms with Crippen LogP contribution < -0.4 is 10.1 Å². The molecule has 0 aliphatic rings. The monoisotopic (exact) mass is 394 g/mol. The largest absolute Gasteiger partial charge is 0.484 e. The van der Waals surface area contributed by atoms with Crippen LogP contribution in [0.15, 0.2) is 54.7 Å². The van der Waals surface area contributed by atoms with Crippen LogP contribution in [-0.2, 0) is 17.6 Å². The number of ether oxygens (including phenoxy) is 1. The van der Waals surface area contributed by atoms with Gasteiger partial charge in [0.1, 0.15) is 5.75 Å². The zero-order valence-corrected chi connectivity index (χ0v) is 16.7. The number of amides is 1. The Labute approximate surface area is 168 Å². The lowest BCUT2D eigenvalue weighted by Gasteiger charge is -2.06. The Morgan fingerprint density at radius 1 is 1.04 bits per heavy atom. The van der Waals surface area contributed by atoms with E-state index < -0.39 is 0 Å². The van der Waals surface area contributed by atoms with Crippen LogP contribution in [-0.4, -0.2) is 23.3 Å². The van der Waals surface area contributed by atoms with Crippen molar-refractivity contribution in [1.82, 2.24) is 4.98 Å². The smallest absolute Gasteiger partial charge is 0.264 e. The molecular weight excluding hydrogens is 372 g/mol. The molecule has 144 valence electrons. The zero-order valence-electron chi connectivity index (χ0n) is 15.9. The van der Waals surface area contributed by atoms with Crippen LogP contribution in [0.4, 0.5) is 5.13 Å². The average Bonchev–Trinajstić information content (AvgIpc) is 3.14. The van der Waals surface area contributed by atoms with E-state index in [0.717, 1.165) is 17.7 Å². The second-order valence-electron chi connectivity index (χ2n) is 6.40. The molecular formula is C22H22N2O3S. The van der Waals surface area contributed by atoms with Gasteiger partial charge in [-0.05, 0) is 48.7 Å². The molecule has 3 aromatic rings. The van der Waals surface area contributed by atoms with Gasteiger partial charge in [-0.25, -0.2) is 4.98 Å². The third-order valence-corrected chi connectivity index (χ3v) is 5.15. The van der Waals surface area contributed by atoms with Crippen LogP contribution in [0.1, 0.15) is 40.2 Å². The summed E-state index contributed by atoms with van der Waals surface area (Å²) in [5.41, 5.74) is 3.14. The summed E-state index contributed by atoms with van der Waals surface area (Å²) >= 11 is 1.46. The van der Waals surface area contributed by atoms with Crippen LogP contribution in [0.5, 0.6) is 5.75 Å². The molecule has 0 saturated heterocycles. The number of carbonyl (C=O) groups excluding carboxylic acids is 2. The fraction of sp³-hybridized carbons (Fsp3) is 0.227.